The smallest absolute Gasteiger partial charge is 0.264 e. The Kier molecular flexibility index (Phi) is 2.83. The van der Waals surface area contributed by atoms with Crippen LogP contribution in [0.3, 0.4) is 0 Å². The van der Waals surface area contributed by atoms with Gasteiger partial charge in [-0.2, -0.15) is 8.42 Å². The van der Waals surface area contributed by atoms with Crippen molar-refractivity contribution < 1.29 is 8.42 Å². The molecule has 0 saturated carbocycles. The summed E-state index contributed by atoms with van der Waals surface area (Å²) in [6.45, 7) is 0.219. The Morgan fingerprint density at radius 1 is 1.21 bits per heavy atom. The summed E-state index contributed by atoms with van der Waals surface area (Å²) in [6, 6.07) is 10.5. The minimum atomic E-state index is -3.53. The number of rotatable bonds is 2. The van der Waals surface area contributed by atoms with Crippen LogP contribution >= 0.6 is 11.6 Å². The Morgan fingerprint density at radius 3 is 2.74 bits per heavy atom. The van der Waals surface area contributed by atoms with Crippen LogP contribution in [0.15, 0.2) is 42.6 Å². The van der Waals surface area contributed by atoms with Crippen LogP contribution in [0.2, 0.25) is 5.15 Å². The van der Waals surface area contributed by atoms with E-state index >= 15 is 0 Å². The number of hydrogen-bond donors (Lipinski definition) is 1. The molecule has 0 unspecified atom stereocenters. The number of pyridine rings is 1. The van der Waals surface area contributed by atoms with E-state index in [1.165, 1.54) is 4.31 Å². The molecular formula is C12H10ClN3O2S. The van der Waals surface area contributed by atoms with Gasteiger partial charge in [-0.05, 0) is 23.8 Å². The average molecular weight is 296 g/mol. The lowest BCUT2D eigenvalue weighted by molar-refractivity contribution is 0.598. The van der Waals surface area contributed by atoms with E-state index in [1.807, 2.05) is 0 Å². The monoisotopic (exact) mass is 295 g/mol. The van der Waals surface area contributed by atoms with E-state index in [0.717, 1.165) is 5.56 Å². The van der Waals surface area contributed by atoms with Crippen molar-refractivity contribution in [1.29, 1.82) is 0 Å². The fourth-order valence-corrected chi connectivity index (χ4v) is 3.35. The van der Waals surface area contributed by atoms with Crippen molar-refractivity contribution in [1.82, 2.24) is 4.98 Å². The molecule has 2 heterocycles. The fraction of sp³-hybridized carbons (Fsp3) is 0.0833. The fourth-order valence-electron chi connectivity index (χ4n) is 1.94. The molecule has 0 atom stereocenters. The van der Waals surface area contributed by atoms with Gasteiger partial charge in [0, 0.05) is 6.20 Å². The topological polar surface area (TPSA) is 62.3 Å². The molecule has 1 aliphatic rings. The molecule has 19 heavy (non-hydrogen) atoms. The zero-order valence-corrected chi connectivity index (χ0v) is 11.3. The van der Waals surface area contributed by atoms with Gasteiger partial charge in [0.1, 0.15) is 5.15 Å². The quantitative estimate of drug-likeness (QED) is 0.866. The molecule has 1 aliphatic heterocycles. The Morgan fingerprint density at radius 2 is 2.00 bits per heavy atom. The highest BCUT2D eigenvalue weighted by Gasteiger charge is 2.32. The second-order valence-corrected chi connectivity index (χ2v) is 6.10. The molecule has 5 nitrogen and oxygen atoms in total. The van der Waals surface area contributed by atoms with Gasteiger partial charge < -0.3 is 0 Å². The van der Waals surface area contributed by atoms with E-state index < -0.39 is 10.2 Å². The summed E-state index contributed by atoms with van der Waals surface area (Å²) in [5.74, 6) is 0. The van der Waals surface area contributed by atoms with Crippen LogP contribution < -0.4 is 9.03 Å². The second-order valence-electron chi connectivity index (χ2n) is 4.12. The summed E-state index contributed by atoms with van der Waals surface area (Å²) in [6.07, 6.45) is 1.57. The molecule has 1 aromatic carbocycles. The molecule has 2 aromatic rings. The summed E-state index contributed by atoms with van der Waals surface area (Å²) >= 11 is 5.71. The maximum absolute atomic E-state index is 12.1. The van der Waals surface area contributed by atoms with Crippen molar-refractivity contribution >= 4 is 33.2 Å². The van der Waals surface area contributed by atoms with Gasteiger partial charge in [-0.1, -0.05) is 29.8 Å². The third-order valence-electron chi connectivity index (χ3n) is 2.82. The largest absolute Gasteiger partial charge is 0.324 e. The lowest BCUT2D eigenvalue weighted by atomic mass is 10.2. The SMILES string of the molecule is O=S1(=O)Nc2ccccc2N1Cc1ccc(Cl)nc1. The molecule has 0 saturated heterocycles. The van der Waals surface area contributed by atoms with Crippen LogP contribution in [0.5, 0.6) is 0 Å². The standard InChI is InChI=1S/C12H10ClN3O2S/c13-12-6-5-9(7-14-12)8-16-11-4-2-1-3-10(11)15-19(16,17)18/h1-7,15H,8H2. The van der Waals surface area contributed by atoms with Crippen molar-refractivity contribution in [3.05, 3.63) is 53.3 Å². The minimum absolute atomic E-state index is 0.219. The van der Waals surface area contributed by atoms with Crippen LogP contribution in [0, 0.1) is 0 Å². The highest BCUT2D eigenvalue weighted by Crippen LogP contribution is 2.36. The molecule has 0 radical (unpaired) electrons. The van der Waals surface area contributed by atoms with E-state index in [2.05, 4.69) is 9.71 Å². The van der Waals surface area contributed by atoms with E-state index in [0.29, 0.717) is 16.5 Å². The van der Waals surface area contributed by atoms with Crippen molar-refractivity contribution in [3.63, 3.8) is 0 Å². The van der Waals surface area contributed by atoms with E-state index in [4.69, 9.17) is 11.6 Å². The van der Waals surface area contributed by atoms with Gasteiger partial charge in [-0.25, -0.2) is 9.29 Å². The van der Waals surface area contributed by atoms with Gasteiger partial charge in [0.05, 0.1) is 17.9 Å². The number of halogens is 1. The number of aromatic nitrogens is 1. The van der Waals surface area contributed by atoms with E-state index in [1.54, 1.807) is 42.6 Å². The van der Waals surface area contributed by atoms with Crippen molar-refractivity contribution in [2.24, 2.45) is 0 Å². The Bertz CT molecular complexity index is 716. The molecule has 0 spiro atoms. The number of para-hydroxylation sites is 2. The molecule has 98 valence electrons. The predicted octanol–water partition coefficient (Wildman–Crippen LogP) is 2.41. The van der Waals surface area contributed by atoms with Crippen molar-refractivity contribution in [2.75, 3.05) is 9.03 Å². The zero-order chi connectivity index (χ0) is 13.5. The molecule has 0 fully saturated rings. The summed E-state index contributed by atoms with van der Waals surface area (Å²) in [5, 5.41) is 0.381. The number of fused-ring (bicyclic) bond motifs is 1. The summed E-state index contributed by atoms with van der Waals surface area (Å²) in [5.41, 5.74) is 1.99. The highest BCUT2D eigenvalue weighted by molar-refractivity contribution is 7.94. The molecule has 1 N–H and O–H groups in total. The number of hydrogen-bond acceptors (Lipinski definition) is 3. The highest BCUT2D eigenvalue weighted by atomic mass is 35.5. The number of benzene rings is 1. The van der Waals surface area contributed by atoms with E-state index in [-0.39, 0.29) is 6.54 Å². The Labute approximate surface area is 116 Å². The van der Waals surface area contributed by atoms with Gasteiger partial charge in [-0.3, -0.25) is 4.72 Å². The van der Waals surface area contributed by atoms with Gasteiger partial charge in [0.2, 0.25) is 0 Å². The number of anilines is 2. The molecule has 0 amide bonds. The van der Waals surface area contributed by atoms with Crippen molar-refractivity contribution in [3.8, 4) is 0 Å². The third kappa shape index (κ3) is 2.24. The normalized spacial score (nSPS) is 15.9. The first-order valence-electron chi connectivity index (χ1n) is 5.56. The molecule has 1 aromatic heterocycles. The van der Waals surface area contributed by atoms with Crippen LogP contribution in [0.4, 0.5) is 11.4 Å². The first-order chi connectivity index (χ1) is 9.06. The van der Waals surface area contributed by atoms with Crippen LogP contribution in [-0.4, -0.2) is 13.4 Å². The molecule has 0 aliphatic carbocycles. The van der Waals surface area contributed by atoms with Crippen LogP contribution in [-0.2, 0) is 16.8 Å². The van der Waals surface area contributed by atoms with Gasteiger partial charge >= 0.3 is 10.2 Å². The lowest BCUT2D eigenvalue weighted by Gasteiger charge is -2.16. The molecule has 3 rings (SSSR count). The summed E-state index contributed by atoms with van der Waals surface area (Å²) in [4.78, 5) is 3.95. The van der Waals surface area contributed by atoms with Crippen LogP contribution in [0.1, 0.15) is 5.56 Å². The maximum atomic E-state index is 12.1. The molecular weight excluding hydrogens is 286 g/mol. The third-order valence-corrected chi connectivity index (χ3v) is 4.42. The summed E-state index contributed by atoms with van der Waals surface area (Å²) in [7, 11) is -3.53. The average Bonchev–Trinajstić information content (AvgIpc) is 2.63. The first-order valence-corrected chi connectivity index (χ1v) is 7.38. The minimum Gasteiger partial charge on any atom is -0.264 e. The van der Waals surface area contributed by atoms with Gasteiger partial charge in [0.25, 0.3) is 0 Å². The number of nitrogens with zero attached hydrogens (tertiary/aromatic N) is 2. The Hall–Kier alpha value is -1.79. The molecule has 0 bridgehead atoms. The van der Waals surface area contributed by atoms with E-state index in [9.17, 15) is 8.42 Å². The lowest BCUT2D eigenvalue weighted by Crippen LogP contribution is -2.29. The molecule has 7 heteroatoms. The Balaban J connectivity index is 1.97. The van der Waals surface area contributed by atoms with Gasteiger partial charge in [-0.15, -0.1) is 0 Å². The first kappa shape index (κ1) is 12.3. The van der Waals surface area contributed by atoms with Gasteiger partial charge in [0.15, 0.2) is 0 Å². The van der Waals surface area contributed by atoms with Crippen molar-refractivity contribution in [2.45, 2.75) is 6.54 Å². The second kappa shape index (κ2) is 4.40. The zero-order valence-electron chi connectivity index (χ0n) is 9.75. The maximum Gasteiger partial charge on any atom is 0.324 e. The van der Waals surface area contributed by atoms with Crippen LogP contribution in [0.25, 0.3) is 0 Å². The number of nitrogens with one attached hydrogen (secondary N) is 1. The summed E-state index contributed by atoms with van der Waals surface area (Å²) < 4.78 is 27.9. The predicted molar refractivity (Wildman–Crippen MR) is 74.4 cm³/mol.